The molecule has 156 valence electrons. The minimum Gasteiger partial charge on any atom is -0.475 e. The number of piperidine rings is 1. The summed E-state index contributed by atoms with van der Waals surface area (Å²) in [5, 5.41) is 16.2. The number of hydrogen-bond acceptors (Lipinski definition) is 7. The van der Waals surface area contributed by atoms with E-state index in [9.17, 15) is 18.0 Å². The van der Waals surface area contributed by atoms with Gasteiger partial charge in [0.15, 0.2) is 0 Å². The van der Waals surface area contributed by atoms with Crippen molar-refractivity contribution >= 4 is 28.3 Å². The highest BCUT2D eigenvalue weighted by molar-refractivity contribution is 7.13. The lowest BCUT2D eigenvalue weighted by molar-refractivity contribution is -0.192. The monoisotopic (exact) mass is 422 g/mol. The van der Waals surface area contributed by atoms with Gasteiger partial charge in [0.1, 0.15) is 5.51 Å². The van der Waals surface area contributed by atoms with Crippen LogP contribution in [0.4, 0.5) is 18.3 Å². The van der Waals surface area contributed by atoms with Crippen LogP contribution in [0.15, 0.2) is 5.51 Å². The van der Waals surface area contributed by atoms with Gasteiger partial charge < -0.3 is 19.6 Å². The molecule has 2 aliphatic heterocycles. The third-order valence-corrected chi connectivity index (χ3v) is 6.18. The number of nitrogens with zero attached hydrogens (tertiary/aromatic N) is 4. The number of ether oxygens (including phenoxy) is 1. The summed E-state index contributed by atoms with van der Waals surface area (Å²) in [5.74, 6) is -2.14. The summed E-state index contributed by atoms with van der Waals surface area (Å²) in [6.45, 7) is 4.92. The molecular weight excluding hydrogens is 401 g/mol. The van der Waals surface area contributed by atoms with E-state index in [1.54, 1.807) is 16.8 Å². The molecule has 28 heavy (non-hydrogen) atoms. The van der Waals surface area contributed by atoms with Crippen molar-refractivity contribution in [3.8, 4) is 0 Å². The van der Waals surface area contributed by atoms with E-state index in [1.165, 1.54) is 0 Å². The molecule has 0 radical (unpaired) electrons. The van der Waals surface area contributed by atoms with E-state index in [2.05, 4.69) is 15.1 Å². The van der Waals surface area contributed by atoms with Crippen LogP contribution in [0.1, 0.15) is 19.3 Å². The molecule has 0 aromatic carbocycles. The van der Waals surface area contributed by atoms with E-state index in [-0.39, 0.29) is 11.3 Å². The Morgan fingerprint density at radius 1 is 1.21 bits per heavy atom. The van der Waals surface area contributed by atoms with E-state index >= 15 is 0 Å². The average Bonchev–Trinajstić information content (AvgIpc) is 3.10. The average molecular weight is 422 g/mol. The zero-order valence-electron chi connectivity index (χ0n) is 15.0. The first-order valence-electron chi connectivity index (χ1n) is 8.91. The highest BCUT2D eigenvalue weighted by Crippen LogP contribution is 2.60. The summed E-state index contributed by atoms with van der Waals surface area (Å²) in [5.41, 5.74) is 2.05. The molecule has 1 aromatic heterocycles. The van der Waals surface area contributed by atoms with E-state index < -0.39 is 12.1 Å². The van der Waals surface area contributed by atoms with Crippen molar-refractivity contribution < 1.29 is 32.6 Å². The van der Waals surface area contributed by atoms with Crippen LogP contribution in [0.3, 0.4) is 0 Å². The highest BCUT2D eigenvalue weighted by Gasteiger charge is 2.59. The van der Waals surface area contributed by atoms with E-state index in [1.807, 2.05) is 4.90 Å². The van der Waals surface area contributed by atoms with Crippen LogP contribution in [0.2, 0.25) is 0 Å². The number of morpholine rings is 1. The molecule has 1 aliphatic carbocycles. The molecule has 8 nitrogen and oxygen atoms in total. The summed E-state index contributed by atoms with van der Waals surface area (Å²) in [4.78, 5) is 25.8. The number of hydrogen-bond donors (Lipinski definition) is 1. The molecule has 3 heterocycles. The minimum atomic E-state index is -5.08. The van der Waals surface area contributed by atoms with Crippen molar-refractivity contribution in [1.29, 1.82) is 0 Å². The van der Waals surface area contributed by atoms with Gasteiger partial charge >= 0.3 is 12.1 Å². The molecule has 0 bridgehead atoms. The Bertz CT molecular complexity index is 687. The number of amides is 1. The maximum Gasteiger partial charge on any atom is 0.490 e. The van der Waals surface area contributed by atoms with Crippen LogP contribution < -0.4 is 4.90 Å². The highest BCUT2D eigenvalue weighted by atomic mass is 32.1. The standard InChI is InChI=1S/C14H20N4O2S.C2HF3O2/c19-12(17-5-7-20-8-6-17)11-9-14(11)1-3-18(4-2-14)13-16-15-10-21-13;3-2(4,5)1(6)7/h10-11H,1-9H2;(H,6,7). The molecule has 1 spiro atoms. The third kappa shape index (κ3) is 4.72. The van der Waals surface area contributed by atoms with Crippen LogP contribution in [0.25, 0.3) is 0 Å². The zero-order valence-corrected chi connectivity index (χ0v) is 15.8. The number of carboxylic acids is 1. The first-order chi connectivity index (χ1) is 13.2. The van der Waals surface area contributed by atoms with Crippen molar-refractivity contribution in [2.24, 2.45) is 11.3 Å². The number of anilines is 1. The Kier molecular flexibility index (Phi) is 6.08. The topological polar surface area (TPSA) is 95.9 Å². The summed E-state index contributed by atoms with van der Waals surface area (Å²) in [6.07, 6.45) is -1.80. The molecular formula is C16H21F3N4O4S. The van der Waals surface area contributed by atoms with Gasteiger partial charge in [0, 0.05) is 32.1 Å². The van der Waals surface area contributed by atoms with Gasteiger partial charge in [-0.15, -0.1) is 10.2 Å². The van der Waals surface area contributed by atoms with Crippen molar-refractivity contribution in [3.05, 3.63) is 5.51 Å². The number of rotatable bonds is 2. The van der Waals surface area contributed by atoms with Gasteiger partial charge in [-0.2, -0.15) is 13.2 Å². The molecule has 3 aliphatic rings. The van der Waals surface area contributed by atoms with Crippen LogP contribution in [0.5, 0.6) is 0 Å². The summed E-state index contributed by atoms with van der Waals surface area (Å²) < 4.78 is 37.1. The fraction of sp³-hybridized carbons (Fsp3) is 0.750. The number of alkyl halides is 3. The fourth-order valence-electron chi connectivity index (χ4n) is 3.70. The Morgan fingerprint density at radius 2 is 1.82 bits per heavy atom. The normalized spacial score (nSPS) is 23.8. The molecule has 1 atom stereocenters. The van der Waals surface area contributed by atoms with E-state index in [0.29, 0.717) is 19.1 Å². The SMILES string of the molecule is O=C(C1CC12CCN(c1nncs1)CC2)N1CCOCC1.O=C(O)C(F)(F)F. The lowest BCUT2D eigenvalue weighted by atomic mass is 9.90. The molecule has 2 saturated heterocycles. The van der Waals surface area contributed by atoms with Gasteiger partial charge in [-0.1, -0.05) is 11.3 Å². The Hall–Kier alpha value is -1.95. The second-order valence-corrected chi connectivity index (χ2v) is 7.88. The predicted octanol–water partition coefficient (Wildman–Crippen LogP) is 1.64. The third-order valence-electron chi connectivity index (χ3n) is 5.43. The number of carbonyl (C=O) groups excluding carboxylic acids is 1. The van der Waals surface area contributed by atoms with Gasteiger partial charge in [0.2, 0.25) is 11.0 Å². The fourth-order valence-corrected chi connectivity index (χ4v) is 4.32. The molecule has 1 saturated carbocycles. The molecule has 4 rings (SSSR count). The summed E-state index contributed by atoms with van der Waals surface area (Å²) >= 11 is 1.59. The molecule has 3 fully saturated rings. The second kappa shape index (κ2) is 8.19. The Labute approximate surface area is 163 Å². The second-order valence-electron chi connectivity index (χ2n) is 7.07. The van der Waals surface area contributed by atoms with Crippen LogP contribution in [-0.2, 0) is 14.3 Å². The van der Waals surface area contributed by atoms with Gasteiger partial charge in [-0.3, -0.25) is 4.79 Å². The van der Waals surface area contributed by atoms with E-state index in [4.69, 9.17) is 14.6 Å². The number of carboxylic acid groups (broad SMARTS) is 1. The smallest absolute Gasteiger partial charge is 0.475 e. The Balaban J connectivity index is 0.000000279. The van der Waals surface area contributed by atoms with Crippen molar-refractivity contribution in [2.75, 3.05) is 44.3 Å². The van der Waals surface area contributed by atoms with Crippen LogP contribution >= 0.6 is 11.3 Å². The maximum absolute atomic E-state index is 12.6. The quantitative estimate of drug-likeness (QED) is 0.774. The number of aromatic nitrogens is 2. The Morgan fingerprint density at radius 3 is 2.32 bits per heavy atom. The van der Waals surface area contributed by atoms with E-state index in [0.717, 1.165) is 50.6 Å². The lowest BCUT2D eigenvalue weighted by Gasteiger charge is -2.33. The molecule has 1 amide bonds. The molecule has 12 heteroatoms. The van der Waals surface area contributed by atoms with Gasteiger partial charge in [-0.05, 0) is 24.7 Å². The number of aliphatic carboxylic acids is 1. The number of halogens is 3. The maximum atomic E-state index is 12.6. The number of carbonyl (C=O) groups is 2. The predicted molar refractivity (Wildman–Crippen MR) is 93.0 cm³/mol. The van der Waals surface area contributed by atoms with Crippen LogP contribution in [0, 0.1) is 11.3 Å². The van der Waals surface area contributed by atoms with Crippen molar-refractivity contribution in [1.82, 2.24) is 15.1 Å². The molecule has 1 unspecified atom stereocenters. The lowest BCUT2D eigenvalue weighted by Crippen LogP contribution is -2.43. The van der Waals surface area contributed by atoms with Gasteiger partial charge in [-0.25, -0.2) is 4.79 Å². The summed E-state index contributed by atoms with van der Waals surface area (Å²) in [6, 6.07) is 0. The van der Waals surface area contributed by atoms with Crippen LogP contribution in [-0.4, -0.2) is 77.6 Å². The van der Waals surface area contributed by atoms with Gasteiger partial charge in [0.25, 0.3) is 0 Å². The summed E-state index contributed by atoms with van der Waals surface area (Å²) in [7, 11) is 0. The minimum absolute atomic E-state index is 0.257. The molecule has 1 N–H and O–H groups in total. The van der Waals surface area contributed by atoms with Crippen molar-refractivity contribution in [3.63, 3.8) is 0 Å². The van der Waals surface area contributed by atoms with Crippen molar-refractivity contribution in [2.45, 2.75) is 25.4 Å². The van der Waals surface area contributed by atoms with Gasteiger partial charge in [0.05, 0.1) is 13.2 Å². The largest absolute Gasteiger partial charge is 0.490 e. The zero-order chi connectivity index (χ0) is 20.4. The first-order valence-corrected chi connectivity index (χ1v) is 9.79. The first kappa shape index (κ1) is 20.8. The molecule has 1 aromatic rings.